The topological polar surface area (TPSA) is 30.2 Å². The van der Waals surface area contributed by atoms with Crippen LogP contribution in [0, 0.1) is 6.92 Å². The van der Waals surface area contributed by atoms with Crippen molar-refractivity contribution in [3.05, 3.63) is 30.0 Å². The van der Waals surface area contributed by atoms with E-state index in [1.165, 1.54) is 0 Å². The SMILES string of the molecule is Br.Cc1ncc(CBr)c2nccn12. The summed E-state index contributed by atoms with van der Waals surface area (Å²) in [5, 5.41) is 0.792. The Morgan fingerprint density at radius 3 is 2.92 bits per heavy atom. The molecule has 0 radical (unpaired) electrons. The zero-order chi connectivity index (χ0) is 8.55. The van der Waals surface area contributed by atoms with Gasteiger partial charge in [-0.05, 0) is 6.92 Å². The highest BCUT2D eigenvalue weighted by atomic mass is 79.9. The van der Waals surface area contributed by atoms with Gasteiger partial charge in [-0.15, -0.1) is 17.0 Å². The van der Waals surface area contributed by atoms with Crippen LogP contribution in [-0.2, 0) is 5.33 Å². The summed E-state index contributed by atoms with van der Waals surface area (Å²) < 4.78 is 1.98. The summed E-state index contributed by atoms with van der Waals surface area (Å²) in [7, 11) is 0. The van der Waals surface area contributed by atoms with Crippen LogP contribution in [0.2, 0.25) is 0 Å². The highest BCUT2D eigenvalue weighted by molar-refractivity contribution is 9.08. The standard InChI is InChI=1S/C8H8BrN3.BrH/c1-6-11-5-7(4-9)8-10-2-3-12(6)8;/h2-3,5H,4H2,1H3;1H. The van der Waals surface area contributed by atoms with Crippen LogP contribution < -0.4 is 0 Å². The van der Waals surface area contributed by atoms with E-state index in [0.717, 1.165) is 22.4 Å². The molecule has 0 aliphatic heterocycles. The van der Waals surface area contributed by atoms with Crippen molar-refractivity contribution in [1.29, 1.82) is 0 Å². The van der Waals surface area contributed by atoms with Crippen LogP contribution in [-0.4, -0.2) is 14.4 Å². The predicted molar refractivity (Wildman–Crippen MR) is 60.7 cm³/mol. The molecule has 0 atom stereocenters. The van der Waals surface area contributed by atoms with Crippen molar-refractivity contribution in [2.45, 2.75) is 12.3 Å². The van der Waals surface area contributed by atoms with Crippen molar-refractivity contribution in [3.63, 3.8) is 0 Å². The average Bonchev–Trinajstić information content (AvgIpc) is 2.54. The van der Waals surface area contributed by atoms with E-state index < -0.39 is 0 Å². The van der Waals surface area contributed by atoms with Gasteiger partial charge in [-0.3, -0.25) is 4.40 Å². The number of aryl methyl sites for hydroxylation is 1. The summed E-state index contributed by atoms with van der Waals surface area (Å²) in [6.45, 7) is 1.96. The van der Waals surface area contributed by atoms with Gasteiger partial charge in [0.15, 0.2) is 0 Å². The Bertz CT molecular complexity index is 411. The molecule has 0 unspecified atom stereocenters. The molecule has 0 aromatic carbocycles. The van der Waals surface area contributed by atoms with Crippen molar-refractivity contribution in [1.82, 2.24) is 14.4 Å². The van der Waals surface area contributed by atoms with Gasteiger partial charge in [-0.25, -0.2) is 9.97 Å². The van der Waals surface area contributed by atoms with Gasteiger partial charge < -0.3 is 0 Å². The first-order valence-electron chi connectivity index (χ1n) is 3.66. The third kappa shape index (κ3) is 1.76. The minimum Gasteiger partial charge on any atom is -0.288 e. The van der Waals surface area contributed by atoms with E-state index in [-0.39, 0.29) is 17.0 Å². The fourth-order valence-corrected chi connectivity index (χ4v) is 1.58. The van der Waals surface area contributed by atoms with Crippen molar-refractivity contribution >= 4 is 38.6 Å². The molecule has 2 rings (SSSR count). The van der Waals surface area contributed by atoms with Gasteiger partial charge in [0.05, 0.1) is 0 Å². The summed E-state index contributed by atoms with van der Waals surface area (Å²) in [5.74, 6) is 0.965. The maximum Gasteiger partial charge on any atom is 0.143 e. The zero-order valence-corrected chi connectivity index (χ0v) is 10.4. The monoisotopic (exact) mass is 305 g/mol. The Labute approximate surface area is 95.1 Å². The first-order valence-corrected chi connectivity index (χ1v) is 4.78. The lowest BCUT2D eigenvalue weighted by molar-refractivity contribution is 0.973. The molecule has 0 saturated carbocycles. The molecule has 0 aliphatic rings. The van der Waals surface area contributed by atoms with Crippen LogP contribution in [0.5, 0.6) is 0 Å². The lowest BCUT2D eigenvalue weighted by atomic mass is 10.3. The normalized spacial score (nSPS) is 10.0. The smallest absolute Gasteiger partial charge is 0.143 e. The highest BCUT2D eigenvalue weighted by Gasteiger charge is 2.02. The fourth-order valence-electron chi connectivity index (χ4n) is 1.19. The van der Waals surface area contributed by atoms with E-state index in [2.05, 4.69) is 25.9 Å². The molecule has 0 saturated heterocycles. The third-order valence-electron chi connectivity index (χ3n) is 1.83. The van der Waals surface area contributed by atoms with E-state index in [1.54, 1.807) is 6.20 Å². The van der Waals surface area contributed by atoms with Gasteiger partial charge >= 0.3 is 0 Å². The Hall–Kier alpha value is -0.420. The summed E-state index contributed by atoms with van der Waals surface area (Å²) in [6.07, 6.45) is 5.56. The first kappa shape index (κ1) is 10.7. The third-order valence-corrected chi connectivity index (χ3v) is 2.43. The van der Waals surface area contributed by atoms with Crippen LogP contribution >= 0.6 is 32.9 Å². The van der Waals surface area contributed by atoms with Crippen LogP contribution in [0.3, 0.4) is 0 Å². The number of fused-ring (bicyclic) bond motifs is 1. The highest BCUT2D eigenvalue weighted by Crippen LogP contribution is 2.12. The number of rotatable bonds is 1. The fraction of sp³-hybridized carbons (Fsp3) is 0.250. The number of hydrogen-bond acceptors (Lipinski definition) is 2. The van der Waals surface area contributed by atoms with E-state index in [1.807, 2.05) is 23.7 Å². The number of imidazole rings is 1. The minimum atomic E-state index is 0. The number of aromatic nitrogens is 3. The average molecular weight is 307 g/mol. The maximum absolute atomic E-state index is 4.24. The van der Waals surface area contributed by atoms with Gasteiger partial charge in [-0.2, -0.15) is 0 Å². The Morgan fingerprint density at radius 2 is 2.23 bits per heavy atom. The summed E-state index contributed by atoms with van der Waals surface area (Å²) in [5.41, 5.74) is 2.10. The van der Waals surface area contributed by atoms with Crippen LogP contribution in [0.25, 0.3) is 5.65 Å². The molecule has 0 spiro atoms. The Morgan fingerprint density at radius 1 is 1.46 bits per heavy atom. The van der Waals surface area contributed by atoms with Gasteiger partial charge in [0.25, 0.3) is 0 Å². The van der Waals surface area contributed by atoms with Crippen molar-refractivity contribution < 1.29 is 0 Å². The van der Waals surface area contributed by atoms with Gasteiger partial charge in [-0.1, -0.05) is 15.9 Å². The van der Waals surface area contributed by atoms with Gasteiger partial charge in [0.2, 0.25) is 0 Å². The summed E-state index contributed by atoms with van der Waals surface area (Å²) >= 11 is 3.39. The van der Waals surface area contributed by atoms with Crippen molar-refractivity contribution in [2.24, 2.45) is 0 Å². The van der Waals surface area contributed by atoms with Crippen LogP contribution in [0.4, 0.5) is 0 Å². The van der Waals surface area contributed by atoms with Gasteiger partial charge in [0.1, 0.15) is 11.5 Å². The largest absolute Gasteiger partial charge is 0.288 e. The molecule has 2 aromatic rings. The molecular weight excluding hydrogens is 298 g/mol. The van der Waals surface area contributed by atoms with Gasteiger partial charge in [0, 0.05) is 29.5 Å². The Balaban J connectivity index is 0.000000845. The maximum atomic E-state index is 4.24. The van der Waals surface area contributed by atoms with Crippen LogP contribution in [0.15, 0.2) is 18.6 Å². The molecule has 2 aromatic heterocycles. The number of nitrogens with zero attached hydrogens (tertiary/aromatic N) is 3. The summed E-state index contributed by atoms with van der Waals surface area (Å²) in [4.78, 5) is 8.49. The molecule has 0 fully saturated rings. The second kappa shape index (κ2) is 4.19. The molecule has 2 heterocycles. The lowest BCUT2D eigenvalue weighted by Crippen LogP contribution is -1.96. The molecule has 0 amide bonds. The molecule has 0 aliphatic carbocycles. The number of halogens is 2. The van der Waals surface area contributed by atoms with E-state index in [4.69, 9.17) is 0 Å². The van der Waals surface area contributed by atoms with E-state index >= 15 is 0 Å². The second-order valence-electron chi connectivity index (χ2n) is 2.59. The molecule has 70 valence electrons. The van der Waals surface area contributed by atoms with Crippen molar-refractivity contribution in [3.8, 4) is 0 Å². The second-order valence-corrected chi connectivity index (χ2v) is 3.15. The summed E-state index contributed by atoms with van der Waals surface area (Å²) in [6, 6.07) is 0. The zero-order valence-electron chi connectivity index (χ0n) is 7.07. The predicted octanol–water partition coefficient (Wildman–Crippen LogP) is 2.51. The van der Waals surface area contributed by atoms with E-state index in [9.17, 15) is 0 Å². The van der Waals surface area contributed by atoms with Crippen molar-refractivity contribution in [2.75, 3.05) is 0 Å². The first-order chi connectivity index (χ1) is 5.83. The molecule has 13 heavy (non-hydrogen) atoms. The van der Waals surface area contributed by atoms with E-state index in [0.29, 0.717) is 0 Å². The molecular formula is C8H9Br2N3. The van der Waals surface area contributed by atoms with Crippen LogP contribution in [0.1, 0.15) is 11.4 Å². The molecule has 0 N–H and O–H groups in total. The molecule has 3 nitrogen and oxygen atoms in total. The molecule has 5 heteroatoms. The lowest BCUT2D eigenvalue weighted by Gasteiger charge is -2.01. The number of hydrogen-bond donors (Lipinski definition) is 0. The Kier molecular flexibility index (Phi) is 3.44. The molecule has 0 bridgehead atoms. The number of alkyl halides is 1. The minimum absolute atomic E-state index is 0. The quantitative estimate of drug-likeness (QED) is 0.758.